The predicted octanol–water partition coefficient (Wildman–Crippen LogP) is 3.30. The molecule has 1 N–H and O–H groups in total. The molecule has 0 radical (unpaired) electrons. The number of aliphatic hydroxyl groups is 1. The summed E-state index contributed by atoms with van der Waals surface area (Å²) in [6.45, 7) is 4.48. The van der Waals surface area contributed by atoms with Crippen LogP contribution < -0.4 is 0 Å². The van der Waals surface area contributed by atoms with E-state index in [1.165, 1.54) is 6.42 Å². The van der Waals surface area contributed by atoms with Crippen molar-refractivity contribution in [3.63, 3.8) is 0 Å². The summed E-state index contributed by atoms with van der Waals surface area (Å²) in [5.41, 5.74) is 0.955. The van der Waals surface area contributed by atoms with Crippen molar-refractivity contribution in [2.75, 3.05) is 0 Å². The van der Waals surface area contributed by atoms with Crippen molar-refractivity contribution in [2.45, 2.75) is 45.1 Å². The summed E-state index contributed by atoms with van der Waals surface area (Å²) in [5, 5.41) is 19.4. The number of hydrogen-bond donors (Lipinski definition) is 1. The molecule has 1 aromatic carbocycles. The van der Waals surface area contributed by atoms with Crippen molar-refractivity contribution in [2.24, 2.45) is 11.8 Å². The SMILES string of the molecule is CC(C)C1CCCC(O)(c2cnnn2-c2ccccc2)C1. The quantitative estimate of drug-likeness (QED) is 0.941. The Kier molecular flexibility index (Phi) is 3.81. The average Bonchev–Trinajstić information content (AvgIpc) is 2.98. The molecule has 2 unspecified atom stereocenters. The molecule has 0 bridgehead atoms. The van der Waals surface area contributed by atoms with Crippen LogP contribution in [0.15, 0.2) is 36.5 Å². The average molecular weight is 285 g/mol. The molecule has 1 heterocycles. The molecular formula is C17H23N3O. The predicted molar refractivity (Wildman–Crippen MR) is 82.1 cm³/mol. The molecular weight excluding hydrogens is 262 g/mol. The van der Waals surface area contributed by atoms with Gasteiger partial charge in [-0.3, -0.25) is 0 Å². The highest BCUT2D eigenvalue weighted by molar-refractivity contribution is 5.33. The van der Waals surface area contributed by atoms with Crippen LogP contribution in [0.3, 0.4) is 0 Å². The Labute approximate surface area is 125 Å². The molecule has 2 atom stereocenters. The summed E-state index contributed by atoms with van der Waals surface area (Å²) in [5.74, 6) is 1.15. The van der Waals surface area contributed by atoms with Crippen molar-refractivity contribution < 1.29 is 5.11 Å². The maximum Gasteiger partial charge on any atom is 0.109 e. The Morgan fingerprint density at radius 2 is 2.05 bits per heavy atom. The van der Waals surface area contributed by atoms with Gasteiger partial charge < -0.3 is 5.11 Å². The van der Waals surface area contributed by atoms with Gasteiger partial charge in [0.2, 0.25) is 0 Å². The summed E-state index contributed by atoms with van der Waals surface area (Å²) < 4.78 is 1.78. The van der Waals surface area contributed by atoms with Crippen LogP contribution in [0, 0.1) is 11.8 Å². The Balaban J connectivity index is 1.95. The van der Waals surface area contributed by atoms with Gasteiger partial charge in [0.25, 0.3) is 0 Å². The fraction of sp³-hybridized carbons (Fsp3) is 0.529. The van der Waals surface area contributed by atoms with Gasteiger partial charge in [0.1, 0.15) is 5.60 Å². The van der Waals surface area contributed by atoms with Crippen LogP contribution in [0.5, 0.6) is 0 Å². The van der Waals surface area contributed by atoms with Gasteiger partial charge in [-0.2, -0.15) is 0 Å². The third-order valence-electron chi connectivity index (χ3n) is 4.73. The van der Waals surface area contributed by atoms with Gasteiger partial charge in [0, 0.05) is 0 Å². The smallest absolute Gasteiger partial charge is 0.109 e. The molecule has 4 nitrogen and oxygen atoms in total. The van der Waals surface area contributed by atoms with Crippen LogP contribution in [-0.4, -0.2) is 20.1 Å². The van der Waals surface area contributed by atoms with E-state index in [0.717, 1.165) is 30.6 Å². The van der Waals surface area contributed by atoms with Gasteiger partial charge in [-0.15, -0.1) is 5.10 Å². The lowest BCUT2D eigenvalue weighted by molar-refractivity contribution is -0.0348. The van der Waals surface area contributed by atoms with E-state index >= 15 is 0 Å². The number of nitrogens with zero attached hydrogens (tertiary/aromatic N) is 3. The van der Waals surface area contributed by atoms with Gasteiger partial charge in [0.05, 0.1) is 17.6 Å². The normalized spacial score (nSPS) is 26.2. The number of hydrogen-bond acceptors (Lipinski definition) is 3. The number of aromatic nitrogens is 3. The van der Waals surface area contributed by atoms with Crippen LogP contribution in [-0.2, 0) is 5.60 Å². The maximum absolute atomic E-state index is 11.2. The van der Waals surface area contributed by atoms with E-state index in [2.05, 4.69) is 24.2 Å². The first-order valence-electron chi connectivity index (χ1n) is 7.79. The fourth-order valence-electron chi connectivity index (χ4n) is 3.41. The first kappa shape index (κ1) is 14.3. The molecule has 1 fully saturated rings. The zero-order valence-corrected chi connectivity index (χ0v) is 12.7. The third-order valence-corrected chi connectivity index (χ3v) is 4.73. The second-order valence-corrected chi connectivity index (χ2v) is 6.50. The Hall–Kier alpha value is -1.68. The highest BCUT2D eigenvalue weighted by atomic mass is 16.3. The summed E-state index contributed by atoms with van der Waals surface area (Å²) in [4.78, 5) is 0. The Bertz CT molecular complexity index is 593. The third kappa shape index (κ3) is 2.72. The minimum atomic E-state index is -0.813. The van der Waals surface area contributed by atoms with Crippen LogP contribution >= 0.6 is 0 Å². The van der Waals surface area contributed by atoms with Gasteiger partial charge in [-0.25, -0.2) is 4.68 Å². The zero-order valence-electron chi connectivity index (χ0n) is 12.7. The number of para-hydroxylation sites is 1. The largest absolute Gasteiger partial charge is 0.383 e. The van der Waals surface area contributed by atoms with Crippen LogP contribution in [0.4, 0.5) is 0 Å². The van der Waals surface area contributed by atoms with E-state index in [9.17, 15) is 5.11 Å². The van der Waals surface area contributed by atoms with Crippen molar-refractivity contribution in [1.29, 1.82) is 0 Å². The van der Waals surface area contributed by atoms with Gasteiger partial charge in [-0.05, 0) is 49.7 Å². The first-order valence-corrected chi connectivity index (χ1v) is 7.79. The van der Waals surface area contributed by atoms with E-state index in [0.29, 0.717) is 11.8 Å². The highest BCUT2D eigenvalue weighted by Crippen LogP contribution is 2.42. The van der Waals surface area contributed by atoms with E-state index in [1.54, 1.807) is 10.9 Å². The number of rotatable bonds is 3. The Morgan fingerprint density at radius 3 is 2.76 bits per heavy atom. The molecule has 1 saturated carbocycles. The van der Waals surface area contributed by atoms with Crippen LogP contribution in [0.2, 0.25) is 0 Å². The molecule has 0 aliphatic heterocycles. The monoisotopic (exact) mass is 285 g/mol. The molecule has 4 heteroatoms. The summed E-state index contributed by atoms with van der Waals surface area (Å²) >= 11 is 0. The highest BCUT2D eigenvalue weighted by Gasteiger charge is 2.39. The second-order valence-electron chi connectivity index (χ2n) is 6.50. The lowest BCUT2D eigenvalue weighted by Gasteiger charge is -2.38. The molecule has 21 heavy (non-hydrogen) atoms. The molecule has 3 rings (SSSR count). The molecule has 0 spiro atoms. The van der Waals surface area contributed by atoms with E-state index < -0.39 is 5.60 Å². The maximum atomic E-state index is 11.2. The molecule has 0 saturated heterocycles. The topological polar surface area (TPSA) is 50.9 Å². The standard InChI is InChI=1S/C17H23N3O/c1-13(2)14-7-6-10-17(21,11-14)16-12-18-19-20(16)15-8-4-3-5-9-15/h3-5,8-9,12-14,21H,6-7,10-11H2,1-2H3. The number of benzene rings is 1. The van der Waals surface area contributed by atoms with Crippen molar-refractivity contribution in [3.8, 4) is 5.69 Å². The molecule has 112 valence electrons. The van der Waals surface area contributed by atoms with Crippen molar-refractivity contribution in [3.05, 3.63) is 42.2 Å². The molecule has 0 amide bonds. The van der Waals surface area contributed by atoms with Gasteiger partial charge >= 0.3 is 0 Å². The fourth-order valence-corrected chi connectivity index (χ4v) is 3.41. The van der Waals surface area contributed by atoms with E-state index in [-0.39, 0.29) is 0 Å². The zero-order chi connectivity index (χ0) is 14.9. The summed E-state index contributed by atoms with van der Waals surface area (Å²) in [6.07, 6.45) is 5.56. The van der Waals surface area contributed by atoms with Crippen LogP contribution in [0.25, 0.3) is 5.69 Å². The minimum absolute atomic E-state index is 0.558. The molecule has 1 aliphatic rings. The molecule has 2 aromatic rings. The van der Waals surface area contributed by atoms with Crippen molar-refractivity contribution in [1.82, 2.24) is 15.0 Å². The van der Waals surface area contributed by atoms with Gasteiger partial charge in [0.15, 0.2) is 0 Å². The lowest BCUT2D eigenvalue weighted by Crippen LogP contribution is -2.36. The van der Waals surface area contributed by atoms with Crippen molar-refractivity contribution >= 4 is 0 Å². The van der Waals surface area contributed by atoms with E-state index in [1.807, 2.05) is 30.3 Å². The summed E-state index contributed by atoms with van der Waals surface area (Å²) in [7, 11) is 0. The first-order chi connectivity index (χ1) is 10.1. The Morgan fingerprint density at radius 1 is 1.29 bits per heavy atom. The minimum Gasteiger partial charge on any atom is -0.383 e. The second kappa shape index (κ2) is 5.60. The summed E-state index contributed by atoms with van der Waals surface area (Å²) in [6, 6.07) is 9.91. The molecule has 1 aliphatic carbocycles. The lowest BCUT2D eigenvalue weighted by atomic mass is 9.72. The van der Waals surface area contributed by atoms with Crippen LogP contribution in [0.1, 0.15) is 45.2 Å². The van der Waals surface area contributed by atoms with Gasteiger partial charge in [-0.1, -0.05) is 37.3 Å². The van der Waals surface area contributed by atoms with E-state index in [4.69, 9.17) is 0 Å². The molecule has 1 aromatic heterocycles.